The minimum Gasteiger partial charge on any atom is -0.484 e. The Balaban J connectivity index is 1.84. The van der Waals surface area contributed by atoms with Crippen LogP contribution in [0.15, 0.2) is 36.4 Å². The van der Waals surface area contributed by atoms with Gasteiger partial charge < -0.3 is 15.4 Å². The van der Waals surface area contributed by atoms with E-state index < -0.39 is 18.7 Å². The fraction of sp³-hybridized carbons (Fsp3) is 0.250. The fourth-order valence-electron chi connectivity index (χ4n) is 1.84. The molecule has 25 heavy (non-hydrogen) atoms. The topological polar surface area (TPSA) is 67.4 Å². The maximum atomic E-state index is 12.1. The summed E-state index contributed by atoms with van der Waals surface area (Å²) in [5.74, 6) is -0.890. The van der Waals surface area contributed by atoms with Gasteiger partial charge in [0.25, 0.3) is 5.91 Å². The van der Waals surface area contributed by atoms with E-state index in [0.29, 0.717) is 4.88 Å². The van der Waals surface area contributed by atoms with Crippen molar-refractivity contribution in [3.8, 4) is 5.75 Å². The predicted molar refractivity (Wildman–Crippen MR) is 88.0 cm³/mol. The van der Waals surface area contributed by atoms with Crippen molar-refractivity contribution in [3.05, 3.63) is 46.2 Å². The highest BCUT2D eigenvalue weighted by Crippen LogP contribution is 2.21. The number of alkyl halides is 3. The summed E-state index contributed by atoms with van der Waals surface area (Å²) in [6, 6.07) is 9.04. The number of hydrogen-bond acceptors (Lipinski definition) is 4. The lowest BCUT2D eigenvalue weighted by Crippen LogP contribution is -2.32. The third-order valence-electron chi connectivity index (χ3n) is 2.89. The van der Waals surface area contributed by atoms with Gasteiger partial charge in [-0.2, -0.15) is 13.2 Å². The Bertz CT molecular complexity index is 759. The summed E-state index contributed by atoms with van der Waals surface area (Å²) >= 11 is 1.31. The van der Waals surface area contributed by atoms with E-state index in [2.05, 4.69) is 15.4 Å². The number of aryl methyl sites for hydroxylation is 1. The highest BCUT2D eigenvalue weighted by Gasteiger charge is 2.28. The van der Waals surface area contributed by atoms with Crippen LogP contribution in [-0.2, 0) is 4.79 Å². The van der Waals surface area contributed by atoms with Crippen molar-refractivity contribution in [1.82, 2.24) is 5.32 Å². The monoisotopic (exact) mass is 372 g/mol. The van der Waals surface area contributed by atoms with Crippen LogP contribution in [0.25, 0.3) is 0 Å². The Morgan fingerprint density at radius 3 is 2.60 bits per heavy atom. The van der Waals surface area contributed by atoms with Crippen molar-refractivity contribution < 1.29 is 27.5 Å². The van der Waals surface area contributed by atoms with Crippen LogP contribution in [0.3, 0.4) is 0 Å². The summed E-state index contributed by atoms with van der Waals surface area (Å²) in [6.45, 7) is 0.187. The third-order valence-corrected chi connectivity index (χ3v) is 3.89. The van der Waals surface area contributed by atoms with Gasteiger partial charge in [0.05, 0.1) is 11.4 Å². The van der Waals surface area contributed by atoms with Crippen LogP contribution in [-0.4, -0.2) is 31.1 Å². The lowest BCUT2D eigenvalue weighted by molar-refractivity contribution is -0.153. The Kier molecular flexibility index (Phi) is 6.02. The van der Waals surface area contributed by atoms with Gasteiger partial charge in [-0.05, 0) is 31.2 Å². The van der Waals surface area contributed by atoms with Gasteiger partial charge in [-0.25, -0.2) is 0 Å². The molecule has 0 aliphatic heterocycles. The number of carbonyl (C=O) groups is 2. The highest BCUT2D eigenvalue weighted by molar-refractivity contribution is 7.13. The maximum Gasteiger partial charge on any atom is 0.422 e. The zero-order valence-corrected chi connectivity index (χ0v) is 14.0. The van der Waals surface area contributed by atoms with Gasteiger partial charge in [0.2, 0.25) is 5.91 Å². The Labute approximate surface area is 145 Å². The molecule has 0 unspecified atom stereocenters. The molecule has 0 aliphatic carbocycles. The SMILES string of the molecule is Cc1ccc(C(=O)NCC(=O)Nc2cccc(OCC(F)(F)F)c2)s1. The van der Waals surface area contributed by atoms with Crippen molar-refractivity contribution in [2.24, 2.45) is 0 Å². The van der Waals surface area contributed by atoms with Crippen LogP contribution in [0.4, 0.5) is 18.9 Å². The Morgan fingerprint density at radius 1 is 1.20 bits per heavy atom. The number of anilines is 1. The summed E-state index contributed by atoms with van der Waals surface area (Å²) in [5.41, 5.74) is 0.269. The molecule has 1 aromatic carbocycles. The summed E-state index contributed by atoms with van der Waals surface area (Å²) < 4.78 is 41.0. The van der Waals surface area contributed by atoms with Crippen LogP contribution < -0.4 is 15.4 Å². The molecule has 134 valence electrons. The van der Waals surface area contributed by atoms with Gasteiger partial charge in [-0.1, -0.05) is 6.07 Å². The molecule has 9 heteroatoms. The van der Waals surface area contributed by atoms with Crippen molar-refractivity contribution in [2.75, 3.05) is 18.5 Å². The summed E-state index contributed by atoms with van der Waals surface area (Å²) in [5, 5.41) is 4.95. The molecule has 2 rings (SSSR count). The van der Waals surface area contributed by atoms with Crippen molar-refractivity contribution in [2.45, 2.75) is 13.1 Å². The molecule has 0 radical (unpaired) electrons. The van der Waals surface area contributed by atoms with E-state index >= 15 is 0 Å². The molecule has 0 bridgehead atoms. The van der Waals surface area contributed by atoms with E-state index in [1.54, 1.807) is 12.1 Å². The number of hydrogen-bond donors (Lipinski definition) is 2. The molecule has 2 N–H and O–H groups in total. The second-order valence-corrected chi connectivity index (χ2v) is 6.36. The number of amides is 2. The summed E-state index contributed by atoms with van der Waals surface area (Å²) in [7, 11) is 0. The van der Waals surface area contributed by atoms with Crippen LogP contribution in [0, 0.1) is 6.92 Å². The highest BCUT2D eigenvalue weighted by atomic mass is 32.1. The van der Waals surface area contributed by atoms with Gasteiger partial charge in [-0.3, -0.25) is 9.59 Å². The number of benzene rings is 1. The van der Waals surface area contributed by atoms with E-state index in [-0.39, 0.29) is 23.9 Å². The minimum atomic E-state index is -4.44. The second-order valence-electron chi connectivity index (χ2n) is 5.07. The Hall–Kier alpha value is -2.55. The van der Waals surface area contributed by atoms with Crippen molar-refractivity contribution in [3.63, 3.8) is 0 Å². The number of carbonyl (C=O) groups excluding carboxylic acids is 2. The third kappa shape index (κ3) is 6.46. The van der Waals surface area contributed by atoms with E-state index in [9.17, 15) is 22.8 Å². The van der Waals surface area contributed by atoms with Crippen LogP contribution >= 0.6 is 11.3 Å². The molecule has 0 aliphatic rings. The first-order chi connectivity index (χ1) is 11.7. The lowest BCUT2D eigenvalue weighted by Gasteiger charge is -2.11. The molecule has 0 saturated heterocycles. The van der Waals surface area contributed by atoms with Gasteiger partial charge in [0.1, 0.15) is 5.75 Å². The average Bonchev–Trinajstić information content (AvgIpc) is 2.97. The zero-order chi connectivity index (χ0) is 18.4. The molecule has 2 aromatic rings. The quantitative estimate of drug-likeness (QED) is 0.817. The number of halogens is 3. The van der Waals surface area contributed by atoms with E-state index in [4.69, 9.17) is 0 Å². The van der Waals surface area contributed by atoms with Gasteiger partial charge in [-0.15, -0.1) is 11.3 Å². The smallest absolute Gasteiger partial charge is 0.422 e. The normalized spacial score (nSPS) is 11.0. The molecule has 1 aromatic heterocycles. The van der Waals surface area contributed by atoms with Crippen LogP contribution in [0.1, 0.15) is 14.5 Å². The molecule has 2 amide bonds. The van der Waals surface area contributed by atoms with Crippen LogP contribution in [0.2, 0.25) is 0 Å². The molecular formula is C16H15F3N2O3S. The van der Waals surface area contributed by atoms with E-state index in [0.717, 1.165) is 4.88 Å². The molecule has 0 atom stereocenters. The molecule has 1 heterocycles. The van der Waals surface area contributed by atoms with E-state index in [1.807, 2.05) is 6.92 Å². The number of rotatable bonds is 6. The zero-order valence-electron chi connectivity index (χ0n) is 13.1. The largest absolute Gasteiger partial charge is 0.484 e. The van der Waals surface area contributed by atoms with Gasteiger partial charge in [0, 0.05) is 16.6 Å². The maximum absolute atomic E-state index is 12.1. The number of ether oxygens (including phenoxy) is 1. The molecule has 0 spiro atoms. The summed E-state index contributed by atoms with van der Waals surface area (Å²) in [6.07, 6.45) is -4.44. The Morgan fingerprint density at radius 2 is 1.96 bits per heavy atom. The van der Waals surface area contributed by atoms with E-state index in [1.165, 1.54) is 35.6 Å². The average molecular weight is 372 g/mol. The van der Waals surface area contributed by atoms with Crippen LogP contribution in [0.5, 0.6) is 5.75 Å². The van der Waals surface area contributed by atoms with Crippen molar-refractivity contribution in [1.29, 1.82) is 0 Å². The first-order valence-corrected chi connectivity index (χ1v) is 7.99. The molecular weight excluding hydrogens is 357 g/mol. The van der Waals surface area contributed by atoms with Crippen molar-refractivity contribution >= 4 is 28.8 Å². The molecule has 0 saturated carbocycles. The molecule has 0 fully saturated rings. The molecule has 5 nitrogen and oxygen atoms in total. The first kappa shape index (κ1) is 18.8. The lowest BCUT2D eigenvalue weighted by atomic mass is 10.3. The minimum absolute atomic E-state index is 0.0202. The number of nitrogens with one attached hydrogen (secondary N) is 2. The standard InChI is InChI=1S/C16H15F3N2O3S/c1-10-5-6-13(25-10)15(23)20-8-14(22)21-11-3-2-4-12(7-11)24-9-16(17,18)19/h2-7H,8-9H2,1H3,(H,20,23)(H,21,22). The number of thiophene rings is 1. The predicted octanol–water partition coefficient (Wildman–Crippen LogP) is 3.37. The first-order valence-electron chi connectivity index (χ1n) is 7.17. The fourth-order valence-corrected chi connectivity index (χ4v) is 2.62. The van der Waals surface area contributed by atoms with Gasteiger partial charge in [0.15, 0.2) is 6.61 Å². The summed E-state index contributed by atoms with van der Waals surface area (Å²) in [4.78, 5) is 25.2. The second kappa shape index (κ2) is 8.02. The van der Waals surface area contributed by atoms with Gasteiger partial charge >= 0.3 is 6.18 Å².